The number of amides is 2. The van der Waals surface area contributed by atoms with Gasteiger partial charge in [0.05, 0.1) is 17.0 Å². The standard InChI is InChI=1S/C39H44F6N4O2/c1-27(29-11-6-3-7-12-29)36(50)48-15-8-13-34(26-48)47-19-17-46(18-20-47)33-14-16-49(35(25-33)21-28-9-4-2-5-10-28)37(51)30-22-31(38(40,41)42)24-32(23-30)39(43,44)45/h2-7,9-12,22-24,27,33-35H,8,13-21,25-26H2,1H3/t27?,33-,34?,35+/m0/s1. The lowest BCUT2D eigenvalue weighted by Gasteiger charge is -2.48. The number of likely N-dealkylation sites (tertiary alicyclic amines) is 2. The Morgan fingerprint density at radius 2 is 1.29 bits per heavy atom. The number of piperazine rings is 1. The Hall–Kier alpha value is -3.90. The third-order valence-corrected chi connectivity index (χ3v) is 10.9. The fraction of sp³-hybridized carbons (Fsp3) is 0.487. The minimum absolute atomic E-state index is 0.0536. The van der Waals surface area contributed by atoms with E-state index < -0.39 is 41.0 Å². The van der Waals surface area contributed by atoms with Crippen LogP contribution in [-0.4, -0.2) is 95.4 Å². The molecule has 3 fully saturated rings. The van der Waals surface area contributed by atoms with Gasteiger partial charge in [-0.05, 0) is 68.4 Å². The minimum atomic E-state index is -5.04. The first-order valence-corrected chi connectivity index (χ1v) is 17.7. The Balaban J connectivity index is 1.12. The zero-order valence-electron chi connectivity index (χ0n) is 28.7. The van der Waals surface area contributed by atoms with Crippen molar-refractivity contribution < 1.29 is 35.9 Å². The molecule has 0 saturated carbocycles. The molecule has 3 heterocycles. The van der Waals surface area contributed by atoms with Gasteiger partial charge in [0.15, 0.2) is 0 Å². The topological polar surface area (TPSA) is 47.1 Å². The van der Waals surface area contributed by atoms with Gasteiger partial charge in [0.1, 0.15) is 0 Å². The van der Waals surface area contributed by atoms with Gasteiger partial charge >= 0.3 is 12.4 Å². The summed E-state index contributed by atoms with van der Waals surface area (Å²) in [6.45, 7) is 6.88. The second-order valence-electron chi connectivity index (χ2n) is 14.1. The molecule has 2 amide bonds. The highest BCUT2D eigenvalue weighted by atomic mass is 19.4. The smallest absolute Gasteiger partial charge is 0.341 e. The SMILES string of the molecule is CC(C(=O)N1CCCC(N2CCN([C@H]3CCN(C(=O)c4cc(C(F)(F)F)cc(C(F)(F)F)c4)[C@H](Cc4ccccc4)C3)CC2)C1)c1ccccc1. The van der Waals surface area contributed by atoms with Gasteiger partial charge in [-0.1, -0.05) is 60.7 Å². The Morgan fingerprint density at radius 1 is 0.725 bits per heavy atom. The zero-order chi connectivity index (χ0) is 36.3. The van der Waals surface area contributed by atoms with E-state index >= 15 is 0 Å². The molecule has 0 bridgehead atoms. The molecule has 12 heteroatoms. The maximum absolute atomic E-state index is 13.8. The van der Waals surface area contributed by atoms with Crippen molar-refractivity contribution in [3.8, 4) is 0 Å². The summed E-state index contributed by atoms with van der Waals surface area (Å²) < 4.78 is 81.8. The van der Waals surface area contributed by atoms with E-state index in [0.29, 0.717) is 37.9 Å². The Bertz CT molecular complexity index is 1610. The van der Waals surface area contributed by atoms with Crippen LogP contribution in [-0.2, 0) is 23.6 Å². The van der Waals surface area contributed by atoms with Crippen LogP contribution in [0.25, 0.3) is 0 Å². The molecule has 3 saturated heterocycles. The molecule has 4 atom stereocenters. The van der Waals surface area contributed by atoms with E-state index in [-0.39, 0.29) is 36.5 Å². The summed E-state index contributed by atoms with van der Waals surface area (Å²) in [4.78, 5) is 35.6. The van der Waals surface area contributed by atoms with Crippen LogP contribution in [0, 0.1) is 0 Å². The van der Waals surface area contributed by atoms with E-state index in [1.54, 1.807) is 0 Å². The van der Waals surface area contributed by atoms with E-state index in [1.165, 1.54) is 4.90 Å². The van der Waals surface area contributed by atoms with E-state index in [0.717, 1.165) is 56.7 Å². The van der Waals surface area contributed by atoms with Gasteiger partial charge in [0.25, 0.3) is 5.91 Å². The van der Waals surface area contributed by atoms with E-state index in [9.17, 15) is 35.9 Å². The van der Waals surface area contributed by atoms with Gasteiger partial charge in [-0.15, -0.1) is 0 Å². The van der Waals surface area contributed by atoms with Crippen LogP contribution in [0.4, 0.5) is 26.3 Å². The number of carbonyl (C=O) groups is 2. The molecule has 0 aromatic heterocycles. The monoisotopic (exact) mass is 714 g/mol. The Kier molecular flexibility index (Phi) is 11.1. The maximum atomic E-state index is 13.8. The molecule has 6 nitrogen and oxygen atoms in total. The summed E-state index contributed by atoms with van der Waals surface area (Å²) in [5, 5.41) is 0. The number of hydrogen-bond acceptors (Lipinski definition) is 4. The third-order valence-electron chi connectivity index (χ3n) is 10.9. The van der Waals surface area contributed by atoms with E-state index in [2.05, 4.69) is 9.80 Å². The summed E-state index contributed by atoms with van der Waals surface area (Å²) in [6, 6.07) is 20.3. The summed E-state index contributed by atoms with van der Waals surface area (Å²) in [5.41, 5.74) is -1.66. The van der Waals surface area contributed by atoms with Gasteiger partial charge < -0.3 is 9.80 Å². The van der Waals surface area contributed by atoms with Crippen molar-refractivity contribution in [1.82, 2.24) is 19.6 Å². The molecule has 51 heavy (non-hydrogen) atoms. The first kappa shape index (κ1) is 36.9. The zero-order valence-corrected chi connectivity index (χ0v) is 28.7. The van der Waals surface area contributed by atoms with Crippen molar-refractivity contribution >= 4 is 11.8 Å². The van der Waals surface area contributed by atoms with Crippen molar-refractivity contribution in [2.45, 2.75) is 75.4 Å². The number of hydrogen-bond donors (Lipinski definition) is 0. The molecule has 0 N–H and O–H groups in total. The molecule has 3 aliphatic heterocycles. The van der Waals surface area contributed by atoms with Crippen LogP contribution in [0.15, 0.2) is 78.9 Å². The fourth-order valence-corrected chi connectivity index (χ4v) is 8.03. The average molecular weight is 715 g/mol. The Morgan fingerprint density at radius 3 is 1.88 bits per heavy atom. The normalized spacial score (nSPS) is 23.2. The molecule has 3 aromatic rings. The average Bonchev–Trinajstić information content (AvgIpc) is 3.14. The number of nitrogens with zero attached hydrogens (tertiary/aromatic N) is 4. The molecule has 2 unspecified atom stereocenters. The third kappa shape index (κ3) is 8.77. The number of carbonyl (C=O) groups excluding carboxylic acids is 2. The van der Waals surface area contributed by atoms with Crippen LogP contribution in [0.1, 0.15) is 71.1 Å². The minimum Gasteiger partial charge on any atom is -0.341 e. The van der Waals surface area contributed by atoms with E-state index in [1.807, 2.05) is 72.5 Å². The lowest BCUT2D eigenvalue weighted by atomic mass is 9.90. The van der Waals surface area contributed by atoms with Crippen molar-refractivity contribution in [1.29, 1.82) is 0 Å². The number of piperidine rings is 2. The molecular weight excluding hydrogens is 670 g/mol. The maximum Gasteiger partial charge on any atom is 0.416 e. The first-order valence-electron chi connectivity index (χ1n) is 17.7. The predicted molar refractivity (Wildman–Crippen MR) is 182 cm³/mol. The number of rotatable bonds is 7. The molecule has 0 aliphatic carbocycles. The molecule has 0 radical (unpaired) electrons. The second kappa shape index (κ2) is 15.4. The predicted octanol–water partition coefficient (Wildman–Crippen LogP) is 7.35. The van der Waals surface area contributed by atoms with Crippen LogP contribution < -0.4 is 0 Å². The molecule has 6 rings (SSSR count). The van der Waals surface area contributed by atoms with E-state index in [4.69, 9.17) is 0 Å². The quantitative estimate of drug-likeness (QED) is 0.240. The first-order chi connectivity index (χ1) is 24.3. The van der Waals surface area contributed by atoms with Gasteiger partial charge in [0.2, 0.25) is 5.91 Å². The van der Waals surface area contributed by atoms with Crippen LogP contribution in [0.2, 0.25) is 0 Å². The van der Waals surface area contributed by atoms with Crippen molar-refractivity contribution in [3.63, 3.8) is 0 Å². The summed E-state index contributed by atoms with van der Waals surface area (Å²) in [7, 11) is 0. The van der Waals surface area contributed by atoms with Crippen molar-refractivity contribution in [2.24, 2.45) is 0 Å². The molecule has 0 spiro atoms. The molecule has 3 aliphatic rings. The van der Waals surface area contributed by atoms with Crippen molar-refractivity contribution in [3.05, 3.63) is 107 Å². The highest BCUT2D eigenvalue weighted by Crippen LogP contribution is 2.37. The van der Waals surface area contributed by atoms with Crippen molar-refractivity contribution in [2.75, 3.05) is 45.8 Å². The van der Waals surface area contributed by atoms with Crippen LogP contribution in [0.3, 0.4) is 0 Å². The lowest BCUT2D eigenvalue weighted by molar-refractivity contribution is -0.143. The number of halogens is 6. The van der Waals surface area contributed by atoms with Crippen LogP contribution >= 0.6 is 0 Å². The Labute approximate surface area is 295 Å². The van der Waals surface area contributed by atoms with Gasteiger partial charge in [0, 0.05) is 69.5 Å². The highest BCUT2D eigenvalue weighted by molar-refractivity contribution is 5.95. The van der Waals surface area contributed by atoms with Crippen LogP contribution in [0.5, 0.6) is 0 Å². The summed E-state index contributed by atoms with van der Waals surface area (Å²) in [5.74, 6) is -0.882. The summed E-state index contributed by atoms with van der Waals surface area (Å²) in [6.07, 6.45) is -6.57. The van der Waals surface area contributed by atoms with Gasteiger partial charge in [-0.3, -0.25) is 19.4 Å². The molecule has 3 aromatic carbocycles. The number of alkyl halides is 6. The number of benzene rings is 3. The lowest BCUT2D eigenvalue weighted by Crippen LogP contribution is -2.59. The summed E-state index contributed by atoms with van der Waals surface area (Å²) >= 11 is 0. The van der Waals surface area contributed by atoms with Gasteiger partial charge in [-0.2, -0.15) is 26.3 Å². The van der Waals surface area contributed by atoms with Gasteiger partial charge in [-0.25, -0.2) is 0 Å². The second-order valence-corrected chi connectivity index (χ2v) is 14.1. The molecular formula is C39H44F6N4O2. The fourth-order valence-electron chi connectivity index (χ4n) is 8.03. The largest absolute Gasteiger partial charge is 0.416 e. The molecule has 274 valence electrons. The highest BCUT2D eigenvalue weighted by Gasteiger charge is 2.41.